The molecule has 8 nitrogen and oxygen atoms in total. The van der Waals surface area contributed by atoms with Gasteiger partial charge in [0.2, 0.25) is 11.8 Å². The Balaban J connectivity index is 0.00000461. The van der Waals surface area contributed by atoms with Gasteiger partial charge in [-0.2, -0.15) is 0 Å². The normalized spacial score (nSPS) is 21.2. The van der Waals surface area contributed by atoms with E-state index in [0.29, 0.717) is 22.0 Å². The molecule has 2 aromatic rings. The number of carboxylic acids is 1. The first-order chi connectivity index (χ1) is 21.0. The standard InChI is InChI=1S/C35H45N3O5S.Na/c1-24(39)38(29-23-28(14-18-34(2,3)4)44-31(29)33(41)42)35(16-6-5-7-17-35)26-10-12-27(13-11-26)43-30-22-25(15-19-36-30)32(40)37-20-8-9-21-37;/h15,19,22-23,26-27H,5-13,16-17,20-21H2,1-4H3,(H,41,42);/q;+1/p-1. The van der Waals surface area contributed by atoms with Crippen LogP contribution in [0.4, 0.5) is 5.69 Å². The number of nitrogens with zero attached hydrogens (tertiary/aromatic N) is 3. The summed E-state index contributed by atoms with van der Waals surface area (Å²) in [6, 6.07) is 5.28. The number of ether oxygens (including phenoxy) is 1. The minimum atomic E-state index is -1.28. The summed E-state index contributed by atoms with van der Waals surface area (Å²) >= 11 is 1.09. The van der Waals surface area contributed by atoms with Crippen molar-refractivity contribution in [2.24, 2.45) is 11.3 Å². The number of pyridine rings is 1. The molecule has 2 amide bonds. The van der Waals surface area contributed by atoms with Crippen LogP contribution in [0.1, 0.15) is 123 Å². The Morgan fingerprint density at radius 2 is 1.71 bits per heavy atom. The molecule has 0 bridgehead atoms. The molecule has 45 heavy (non-hydrogen) atoms. The first kappa shape index (κ1) is 35.5. The van der Waals surface area contributed by atoms with Gasteiger partial charge in [0.25, 0.3) is 5.91 Å². The average molecular weight is 642 g/mol. The van der Waals surface area contributed by atoms with Gasteiger partial charge in [0.05, 0.1) is 26.9 Å². The minimum Gasteiger partial charge on any atom is -0.544 e. The summed E-state index contributed by atoms with van der Waals surface area (Å²) in [5, 5.41) is 12.4. The van der Waals surface area contributed by atoms with Gasteiger partial charge in [-0.3, -0.25) is 9.59 Å². The van der Waals surface area contributed by atoms with Gasteiger partial charge in [-0.25, -0.2) is 4.98 Å². The molecule has 3 aliphatic rings. The Hall–Kier alpha value is -2.38. The van der Waals surface area contributed by atoms with Crippen molar-refractivity contribution in [2.45, 2.75) is 110 Å². The second kappa shape index (κ2) is 15.0. The maximum absolute atomic E-state index is 13.5. The largest absolute Gasteiger partial charge is 1.00 e. The summed E-state index contributed by atoms with van der Waals surface area (Å²) in [5.41, 5.74) is 0.312. The van der Waals surface area contributed by atoms with Crippen molar-refractivity contribution in [3.8, 4) is 17.7 Å². The van der Waals surface area contributed by atoms with E-state index in [2.05, 4.69) is 16.8 Å². The summed E-state index contributed by atoms with van der Waals surface area (Å²) in [6.45, 7) is 9.16. The van der Waals surface area contributed by atoms with Crippen molar-refractivity contribution in [1.29, 1.82) is 0 Å². The van der Waals surface area contributed by atoms with Gasteiger partial charge >= 0.3 is 29.6 Å². The van der Waals surface area contributed by atoms with Crippen molar-refractivity contribution in [3.63, 3.8) is 0 Å². The number of likely N-dealkylation sites (tertiary alicyclic amines) is 1. The maximum atomic E-state index is 13.5. The predicted molar refractivity (Wildman–Crippen MR) is 170 cm³/mol. The van der Waals surface area contributed by atoms with Crippen LogP contribution >= 0.6 is 11.3 Å². The minimum absolute atomic E-state index is 0. The number of aromatic carboxylic acids is 1. The Morgan fingerprint density at radius 3 is 2.31 bits per heavy atom. The third-order valence-electron chi connectivity index (χ3n) is 9.28. The molecule has 2 aromatic heterocycles. The Kier molecular flexibility index (Phi) is 11.8. The van der Waals surface area contributed by atoms with Crippen LogP contribution in [0.2, 0.25) is 0 Å². The average Bonchev–Trinajstić information content (AvgIpc) is 3.67. The molecule has 0 aromatic carbocycles. The summed E-state index contributed by atoms with van der Waals surface area (Å²) in [5.74, 6) is 5.59. The van der Waals surface area contributed by atoms with E-state index in [9.17, 15) is 19.5 Å². The van der Waals surface area contributed by atoms with Gasteiger partial charge in [0, 0.05) is 43.3 Å². The molecule has 1 saturated heterocycles. The number of hydrogen-bond donors (Lipinski definition) is 0. The number of carbonyl (C=O) groups excluding carboxylic acids is 3. The molecule has 2 saturated carbocycles. The number of aromatic nitrogens is 1. The van der Waals surface area contributed by atoms with E-state index < -0.39 is 11.5 Å². The molecule has 3 heterocycles. The summed E-state index contributed by atoms with van der Waals surface area (Å²) < 4.78 is 6.32. The number of thiophene rings is 1. The van der Waals surface area contributed by atoms with E-state index in [1.54, 1.807) is 36.2 Å². The summed E-state index contributed by atoms with van der Waals surface area (Å²) in [4.78, 5) is 47.5. The molecule has 0 unspecified atom stereocenters. The monoisotopic (exact) mass is 641 g/mol. The quantitative estimate of drug-likeness (QED) is 0.341. The van der Waals surface area contributed by atoms with Crippen LogP contribution in [-0.2, 0) is 4.79 Å². The topological polar surface area (TPSA) is 103 Å². The van der Waals surface area contributed by atoms with E-state index in [4.69, 9.17) is 4.74 Å². The zero-order chi connectivity index (χ0) is 31.5. The third-order valence-corrected chi connectivity index (χ3v) is 10.3. The summed E-state index contributed by atoms with van der Waals surface area (Å²) in [6.07, 6.45) is 11.7. The number of anilines is 1. The van der Waals surface area contributed by atoms with Crippen LogP contribution in [0.25, 0.3) is 0 Å². The molecule has 0 spiro atoms. The van der Waals surface area contributed by atoms with E-state index in [1.807, 2.05) is 25.7 Å². The first-order valence-corrected chi connectivity index (χ1v) is 16.9. The van der Waals surface area contributed by atoms with Crippen molar-refractivity contribution < 1.29 is 53.8 Å². The number of rotatable bonds is 7. The van der Waals surface area contributed by atoms with Crippen LogP contribution in [-0.4, -0.2) is 52.4 Å². The Labute approximate surface area is 293 Å². The van der Waals surface area contributed by atoms with Crippen LogP contribution in [0.5, 0.6) is 5.88 Å². The van der Waals surface area contributed by atoms with E-state index >= 15 is 0 Å². The van der Waals surface area contributed by atoms with Crippen molar-refractivity contribution >= 4 is 34.8 Å². The van der Waals surface area contributed by atoms with E-state index in [1.165, 1.54) is 0 Å². The number of carbonyl (C=O) groups is 3. The van der Waals surface area contributed by atoms with Crippen LogP contribution in [0.15, 0.2) is 24.4 Å². The molecule has 1 aliphatic heterocycles. The van der Waals surface area contributed by atoms with Gasteiger partial charge < -0.3 is 24.4 Å². The fourth-order valence-corrected chi connectivity index (χ4v) is 8.14. The van der Waals surface area contributed by atoms with Crippen LogP contribution < -0.4 is 44.3 Å². The van der Waals surface area contributed by atoms with Crippen molar-refractivity contribution in [1.82, 2.24) is 9.88 Å². The number of hydrogen-bond acceptors (Lipinski definition) is 7. The molecule has 0 atom stereocenters. The molecule has 236 valence electrons. The van der Waals surface area contributed by atoms with E-state index in [0.717, 1.165) is 95.1 Å². The fourth-order valence-electron chi connectivity index (χ4n) is 7.30. The molecule has 10 heteroatoms. The molecular formula is C35H44N3NaO5S. The molecular weight excluding hydrogens is 597 g/mol. The van der Waals surface area contributed by atoms with Crippen molar-refractivity contribution in [3.05, 3.63) is 39.7 Å². The number of carboxylic acid groups (broad SMARTS) is 1. The second-order valence-corrected chi connectivity index (χ2v) is 14.7. The zero-order valence-corrected chi connectivity index (χ0v) is 30.3. The zero-order valence-electron chi connectivity index (χ0n) is 27.4. The maximum Gasteiger partial charge on any atom is 1.00 e. The molecule has 2 aliphatic carbocycles. The fraction of sp³-hybridized carbons (Fsp3) is 0.600. The second-order valence-electron chi connectivity index (χ2n) is 13.6. The predicted octanol–water partition coefficient (Wildman–Crippen LogP) is 2.84. The van der Waals surface area contributed by atoms with Crippen LogP contribution in [0.3, 0.4) is 0 Å². The van der Waals surface area contributed by atoms with Gasteiger partial charge in [-0.1, -0.05) is 31.1 Å². The smallest absolute Gasteiger partial charge is 0.544 e. The summed E-state index contributed by atoms with van der Waals surface area (Å²) in [7, 11) is 0. The van der Waals surface area contributed by atoms with Gasteiger partial charge in [-0.15, -0.1) is 11.3 Å². The van der Waals surface area contributed by atoms with Crippen LogP contribution in [0, 0.1) is 23.2 Å². The number of amides is 2. The Bertz CT molecular complexity index is 1430. The molecule has 3 fully saturated rings. The van der Waals surface area contributed by atoms with E-state index in [-0.39, 0.29) is 63.7 Å². The first-order valence-electron chi connectivity index (χ1n) is 16.1. The Morgan fingerprint density at radius 1 is 1.04 bits per heavy atom. The van der Waals surface area contributed by atoms with Gasteiger partial charge in [0.15, 0.2) is 0 Å². The molecule has 0 N–H and O–H groups in total. The SMILES string of the molecule is CC(=O)N(c1cc(C#CC(C)(C)C)sc1C(=O)[O-])C1(C2CCC(Oc3cc(C(=O)N4CCCC4)ccn3)CC2)CCCCC1.[Na+]. The third kappa shape index (κ3) is 8.32. The molecule has 0 radical (unpaired) electrons. The molecule has 5 rings (SSSR count). The van der Waals surface area contributed by atoms with Crippen molar-refractivity contribution in [2.75, 3.05) is 18.0 Å². The van der Waals surface area contributed by atoms with Gasteiger partial charge in [-0.05, 0) is 90.2 Å². The van der Waals surface area contributed by atoms with Gasteiger partial charge in [0.1, 0.15) is 6.10 Å².